The molecule has 2 aromatic rings. The van der Waals surface area contributed by atoms with Crippen molar-refractivity contribution in [3.8, 4) is 5.75 Å². The molecule has 0 aromatic heterocycles. The SMILES string of the molecule is COc1ccc(CN(Cc2ccc(C(=O)O)cc2)C2CC2)cc1. The molecular weight excluding hydrogens is 290 g/mol. The molecule has 1 saturated carbocycles. The van der Waals surface area contributed by atoms with Gasteiger partial charge in [0.15, 0.2) is 0 Å². The molecule has 120 valence electrons. The van der Waals surface area contributed by atoms with Gasteiger partial charge >= 0.3 is 5.97 Å². The number of carboxylic acids is 1. The number of aromatic carboxylic acids is 1. The second-order valence-corrected chi connectivity index (χ2v) is 5.99. The van der Waals surface area contributed by atoms with Crippen molar-refractivity contribution in [1.82, 2.24) is 4.90 Å². The second-order valence-electron chi connectivity index (χ2n) is 5.99. The predicted molar refractivity (Wildman–Crippen MR) is 88.7 cm³/mol. The summed E-state index contributed by atoms with van der Waals surface area (Å²) in [6.45, 7) is 1.74. The maximum absolute atomic E-state index is 10.9. The highest BCUT2D eigenvalue weighted by molar-refractivity contribution is 5.87. The highest BCUT2D eigenvalue weighted by Gasteiger charge is 2.28. The van der Waals surface area contributed by atoms with E-state index in [4.69, 9.17) is 9.84 Å². The van der Waals surface area contributed by atoms with Crippen LogP contribution in [0.15, 0.2) is 48.5 Å². The first-order valence-corrected chi connectivity index (χ1v) is 7.85. The molecule has 0 radical (unpaired) electrons. The number of methoxy groups -OCH3 is 1. The summed E-state index contributed by atoms with van der Waals surface area (Å²) in [5, 5.41) is 8.97. The zero-order valence-electron chi connectivity index (χ0n) is 13.2. The van der Waals surface area contributed by atoms with Crippen molar-refractivity contribution in [2.45, 2.75) is 32.0 Å². The van der Waals surface area contributed by atoms with Crippen LogP contribution in [0.5, 0.6) is 5.75 Å². The molecule has 23 heavy (non-hydrogen) atoms. The fraction of sp³-hybridized carbons (Fsp3) is 0.316. The average molecular weight is 311 g/mol. The van der Waals surface area contributed by atoms with Gasteiger partial charge in [0.05, 0.1) is 12.7 Å². The predicted octanol–water partition coefficient (Wildman–Crippen LogP) is 3.56. The van der Waals surface area contributed by atoms with Gasteiger partial charge in [-0.1, -0.05) is 24.3 Å². The molecule has 0 atom stereocenters. The average Bonchev–Trinajstić information content (AvgIpc) is 3.40. The van der Waals surface area contributed by atoms with E-state index in [1.54, 1.807) is 19.2 Å². The third-order valence-electron chi connectivity index (χ3n) is 4.19. The lowest BCUT2D eigenvalue weighted by Gasteiger charge is -2.22. The molecular formula is C19H21NO3. The first-order chi connectivity index (χ1) is 11.2. The molecule has 0 aliphatic heterocycles. The van der Waals surface area contributed by atoms with Crippen LogP contribution in [0.2, 0.25) is 0 Å². The molecule has 2 aromatic carbocycles. The number of hydrogen-bond acceptors (Lipinski definition) is 3. The molecule has 1 aliphatic carbocycles. The lowest BCUT2D eigenvalue weighted by molar-refractivity contribution is 0.0697. The van der Waals surface area contributed by atoms with E-state index in [0.29, 0.717) is 11.6 Å². The van der Waals surface area contributed by atoms with E-state index in [1.165, 1.54) is 18.4 Å². The van der Waals surface area contributed by atoms with E-state index in [-0.39, 0.29) is 0 Å². The summed E-state index contributed by atoms with van der Waals surface area (Å²) in [7, 11) is 1.67. The number of benzene rings is 2. The number of ether oxygens (including phenoxy) is 1. The topological polar surface area (TPSA) is 49.8 Å². The Balaban J connectivity index is 1.67. The van der Waals surface area contributed by atoms with Crippen LogP contribution in [-0.2, 0) is 13.1 Å². The highest BCUT2D eigenvalue weighted by atomic mass is 16.5. The van der Waals surface area contributed by atoms with Gasteiger partial charge in [-0.05, 0) is 48.2 Å². The number of carboxylic acid groups (broad SMARTS) is 1. The quantitative estimate of drug-likeness (QED) is 0.849. The minimum absolute atomic E-state index is 0.335. The van der Waals surface area contributed by atoms with Gasteiger partial charge in [0.2, 0.25) is 0 Å². The van der Waals surface area contributed by atoms with Gasteiger partial charge in [-0.15, -0.1) is 0 Å². The Labute approximate surface area is 136 Å². The van der Waals surface area contributed by atoms with E-state index >= 15 is 0 Å². The Morgan fingerprint density at radius 2 is 1.57 bits per heavy atom. The molecule has 3 rings (SSSR count). The normalized spacial score (nSPS) is 14.0. The van der Waals surface area contributed by atoms with Crippen LogP contribution in [0.4, 0.5) is 0 Å². The van der Waals surface area contributed by atoms with Crippen LogP contribution >= 0.6 is 0 Å². The summed E-state index contributed by atoms with van der Waals surface area (Å²) in [4.78, 5) is 13.4. The molecule has 1 N–H and O–H groups in total. The number of rotatable bonds is 7. The van der Waals surface area contributed by atoms with Crippen molar-refractivity contribution >= 4 is 5.97 Å². The van der Waals surface area contributed by atoms with E-state index in [1.807, 2.05) is 24.3 Å². The summed E-state index contributed by atoms with van der Waals surface area (Å²) in [5.74, 6) is -0.00943. The molecule has 0 bridgehead atoms. The Kier molecular flexibility index (Phi) is 4.63. The Hall–Kier alpha value is -2.33. The minimum Gasteiger partial charge on any atom is -0.497 e. The fourth-order valence-electron chi connectivity index (χ4n) is 2.71. The van der Waals surface area contributed by atoms with Crippen LogP contribution in [-0.4, -0.2) is 29.1 Å². The van der Waals surface area contributed by atoms with Gasteiger partial charge < -0.3 is 9.84 Å². The zero-order valence-corrected chi connectivity index (χ0v) is 13.2. The smallest absolute Gasteiger partial charge is 0.335 e. The molecule has 0 amide bonds. The molecule has 0 unspecified atom stereocenters. The van der Waals surface area contributed by atoms with E-state index < -0.39 is 5.97 Å². The molecule has 1 fully saturated rings. The molecule has 4 nitrogen and oxygen atoms in total. The Morgan fingerprint density at radius 3 is 2.00 bits per heavy atom. The third kappa shape index (κ3) is 4.11. The summed E-state index contributed by atoms with van der Waals surface area (Å²) < 4.78 is 5.20. The molecule has 0 heterocycles. The van der Waals surface area contributed by atoms with Crippen LogP contribution < -0.4 is 4.74 Å². The summed E-state index contributed by atoms with van der Waals surface area (Å²) >= 11 is 0. The number of hydrogen-bond donors (Lipinski definition) is 1. The van der Waals surface area contributed by atoms with E-state index in [9.17, 15) is 4.79 Å². The van der Waals surface area contributed by atoms with Crippen LogP contribution in [0, 0.1) is 0 Å². The van der Waals surface area contributed by atoms with Crippen LogP contribution in [0.3, 0.4) is 0 Å². The fourth-order valence-corrected chi connectivity index (χ4v) is 2.71. The lowest BCUT2D eigenvalue weighted by atomic mass is 10.1. The van der Waals surface area contributed by atoms with Crippen molar-refractivity contribution in [2.24, 2.45) is 0 Å². The molecule has 0 spiro atoms. The first-order valence-electron chi connectivity index (χ1n) is 7.85. The van der Waals surface area contributed by atoms with Crippen LogP contribution in [0.25, 0.3) is 0 Å². The maximum atomic E-state index is 10.9. The third-order valence-corrected chi connectivity index (χ3v) is 4.19. The van der Waals surface area contributed by atoms with Gasteiger partial charge in [-0.25, -0.2) is 4.79 Å². The second kappa shape index (κ2) is 6.84. The Bertz CT molecular complexity index is 660. The zero-order chi connectivity index (χ0) is 16.2. The van der Waals surface area contributed by atoms with Crippen molar-refractivity contribution in [3.05, 3.63) is 65.2 Å². The van der Waals surface area contributed by atoms with Gasteiger partial charge in [-0.3, -0.25) is 4.90 Å². The summed E-state index contributed by atoms with van der Waals surface area (Å²) in [6, 6.07) is 16.0. The first kappa shape index (κ1) is 15.6. The summed E-state index contributed by atoms with van der Waals surface area (Å²) in [6.07, 6.45) is 2.48. The van der Waals surface area contributed by atoms with Crippen molar-refractivity contribution in [1.29, 1.82) is 0 Å². The lowest BCUT2D eigenvalue weighted by Crippen LogP contribution is -2.25. The molecule has 1 aliphatic rings. The van der Waals surface area contributed by atoms with E-state index in [2.05, 4.69) is 17.0 Å². The molecule has 4 heteroatoms. The monoisotopic (exact) mass is 311 g/mol. The highest BCUT2D eigenvalue weighted by Crippen LogP contribution is 2.30. The van der Waals surface area contributed by atoms with Crippen LogP contribution in [0.1, 0.15) is 34.3 Å². The summed E-state index contributed by atoms with van der Waals surface area (Å²) in [5.41, 5.74) is 2.75. The molecule has 0 saturated heterocycles. The van der Waals surface area contributed by atoms with Gasteiger partial charge in [0.1, 0.15) is 5.75 Å². The van der Waals surface area contributed by atoms with Gasteiger partial charge in [0.25, 0.3) is 0 Å². The minimum atomic E-state index is -0.881. The maximum Gasteiger partial charge on any atom is 0.335 e. The number of carbonyl (C=O) groups is 1. The van der Waals surface area contributed by atoms with Gasteiger partial charge in [0, 0.05) is 19.1 Å². The van der Waals surface area contributed by atoms with Gasteiger partial charge in [-0.2, -0.15) is 0 Å². The number of nitrogens with zero attached hydrogens (tertiary/aromatic N) is 1. The van der Waals surface area contributed by atoms with Crippen molar-refractivity contribution < 1.29 is 14.6 Å². The van der Waals surface area contributed by atoms with Crippen molar-refractivity contribution in [2.75, 3.05) is 7.11 Å². The largest absolute Gasteiger partial charge is 0.497 e. The van der Waals surface area contributed by atoms with Crippen molar-refractivity contribution in [3.63, 3.8) is 0 Å². The standard InChI is InChI=1S/C19H21NO3/c1-23-18-10-4-15(5-11-18)13-20(17-8-9-17)12-14-2-6-16(7-3-14)19(21)22/h2-7,10-11,17H,8-9,12-13H2,1H3,(H,21,22). The van der Waals surface area contributed by atoms with E-state index in [0.717, 1.165) is 24.4 Å². The Morgan fingerprint density at radius 1 is 1.04 bits per heavy atom.